The minimum Gasteiger partial charge on any atom is -0.494 e. The summed E-state index contributed by atoms with van der Waals surface area (Å²) in [6.45, 7) is 2.31. The highest BCUT2D eigenvalue weighted by Gasteiger charge is 2.34. The van der Waals surface area contributed by atoms with Gasteiger partial charge in [-0.3, -0.25) is 19.3 Å². The van der Waals surface area contributed by atoms with Gasteiger partial charge in [0.05, 0.1) is 16.4 Å². The lowest BCUT2D eigenvalue weighted by atomic mass is 10.2. The smallest absolute Gasteiger partial charge is 0.293 e. The Hall–Kier alpha value is -3.15. The van der Waals surface area contributed by atoms with Crippen LogP contribution in [-0.2, 0) is 19.6 Å². The lowest BCUT2D eigenvalue weighted by Gasteiger charge is -2.13. The fourth-order valence-corrected chi connectivity index (χ4v) is 4.95. The fraction of sp³-hybridized carbons (Fsp3) is 0.261. The van der Waals surface area contributed by atoms with Crippen LogP contribution in [0.1, 0.15) is 18.9 Å². The fourth-order valence-electron chi connectivity index (χ4n) is 3.05. The summed E-state index contributed by atoms with van der Waals surface area (Å²) in [6.07, 6.45) is 1.56. The second-order valence-electron chi connectivity index (χ2n) is 7.15. The standard InChI is InChI=1S/C23H25N3O6S2/c1-2-32-18-8-10-19(11-9-18)34(30,31)25-13-12-21(27)24-14-15-26-22(28)20(33-23(26)29)16-17-6-4-3-5-7-17/h3-11,16,25H,2,12-15H2,1H3,(H,24,27). The quantitative estimate of drug-likeness (QED) is 0.452. The molecule has 0 atom stereocenters. The molecule has 1 heterocycles. The maximum Gasteiger partial charge on any atom is 0.293 e. The molecule has 34 heavy (non-hydrogen) atoms. The lowest BCUT2D eigenvalue weighted by molar-refractivity contribution is -0.124. The molecule has 1 saturated heterocycles. The number of carbonyl (C=O) groups excluding carboxylic acids is 3. The van der Waals surface area contributed by atoms with Crippen molar-refractivity contribution < 1.29 is 27.5 Å². The number of nitrogens with zero attached hydrogens (tertiary/aromatic N) is 1. The van der Waals surface area contributed by atoms with Crippen LogP contribution in [0, 0.1) is 0 Å². The third-order valence-electron chi connectivity index (χ3n) is 4.72. The molecule has 1 fully saturated rings. The van der Waals surface area contributed by atoms with Gasteiger partial charge in [-0.25, -0.2) is 13.1 Å². The van der Waals surface area contributed by atoms with Crippen LogP contribution in [0.25, 0.3) is 6.08 Å². The van der Waals surface area contributed by atoms with Crippen LogP contribution in [0.4, 0.5) is 4.79 Å². The number of benzene rings is 2. The van der Waals surface area contributed by atoms with E-state index in [1.54, 1.807) is 18.2 Å². The third-order valence-corrected chi connectivity index (χ3v) is 7.10. The molecule has 180 valence electrons. The number of carbonyl (C=O) groups is 3. The van der Waals surface area contributed by atoms with Crippen LogP contribution in [-0.4, -0.2) is 56.6 Å². The van der Waals surface area contributed by atoms with E-state index < -0.39 is 27.1 Å². The highest BCUT2D eigenvalue weighted by Crippen LogP contribution is 2.31. The van der Waals surface area contributed by atoms with E-state index >= 15 is 0 Å². The SMILES string of the molecule is CCOc1ccc(S(=O)(=O)NCCC(=O)NCCN2C(=O)SC(=Cc3ccccc3)C2=O)cc1. The van der Waals surface area contributed by atoms with Gasteiger partial charge >= 0.3 is 0 Å². The molecule has 0 unspecified atom stereocenters. The summed E-state index contributed by atoms with van der Waals surface area (Å²) in [5, 5.41) is 2.20. The van der Waals surface area contributed by atoms with E-state index in [1.807, 2.05) is 37.3 Å². The van der Waals surface area contributed by atoms with Crippen molar-refractivity contribution in [2.75, 3.05) is 26.2 Å². The van der Waals surface area contributed by atoms with Gasteiger partial charge in [0, 0.05) is 26.1 Å². The topological polar surface area (TPSA) is 122 Å². The molecule has 2 aromatic rings. The number of hydrogen-bond acceptors (Lipinski definition) is 7. The van der Waals surface area contributed by atoms with Gasteiger partial charge in [0.1, 0.15) is 5.75 Å². The Labute approximate surface area is 202 Å². The predicted molar refractivity (Wildman–Crippen MR) is 130 cm³/mol. The molecule has 3 rings (SSSR count). The Balaban J connectivity index is 1.41. The second kappa shape index (κ2) is 11.8. The number of sulfonamides is 1. The molecule has 0 saturated carbocycles. The molecule has 0 aromatic heterocycles. The molecule has 1 aliphatic rings. The minimum atomic E-state index is -3.76. The highest BCUT2D eigenvalue weighted by molar-refractivity contribution is 8.18. The van der Waals surface area contributed by atoms with Crippen molar-refractivity contribution in [1.82, 2.24) is 14.9 Å². The molecule has 1 aliphatic heterocycles. The van der Waals surface area contributed by atoms with Crippen molar-refractivity contribution in [2.45, 2.75) is 18.2 Å². The number of thioether (sulfide) groups is 1. The summed E-state index contributed by atoms with van der Waals surface area (Å²) in [4.78, 5) is 38.2. The van der Waals surface area contributed by atoms with Gasteiger partial charge in [-0.2, -0.15) is 0 Å². The van der Waals surface area contributed by atoms with Crippen LogP contribution in [0.5, 0.6) is 5.75 Å². The van der Waals surface area contributed by atoms with E-state index in [-0.39, 0.29) is 31.0 Å². The van der Waals surface area contributed by atoms with E-state index in [4.69, 9.17) is 4.74 Å². The van der Waals surface area contributed by atoms with Crippen LogP contribution in [0.3, 0.4) is 0 Å². The number of ether oxygens (including phenoxy) is 1. The van der Waals surface area contributed by atoms with Crippen molar-refractivity contribution in [1.29, 1.82) is 0 Å². The van der Waals surface area contributed by atoms with E-state index in [9.17, 15) is 22.8 Å². The first-order valence-corrected chi connectivity index (χ1v) is 12.9. The summed E-state index contributed by atoms with van der Waals surface area (Å²) in [6, 6.07) is 15.2. The summed E-state index contributed by atoms with van der Waals surface area (Å²) >= 11 is 0.855. The normalized spacial score (nSPS) is 15.1. The number of nitrogens with one attached hydrogen (secondary N) is 2. The molecule has 3 amide bonds. The zero-order valence-corrected chi connectivity index (χ0v) is 20.2. The number of imide groups is 1. The van der Waals surface area contributed by atoms with E-state index in [0.29, 0.717) is 17.3 Å². The molecule has 2 aromatic carbocycles. The molecule has 2 N–H and O–H groups in total. The van der Waals surface area contributed by atoms with Crippen LogP contribution in [0.2, 0.25) is 0 Å². The van der Waals surface area contributed by atoms with Gasteiger partial charge in [-0.1, -0.05) is 30.3 Å². The number of amides is 3. The van der Waals surface area contributed by atoms with Gasteiger partial charge in [-0.15, -0.1) is 0 Å². The van der Waals surface area contributed by atoms with Crippen LogP contribution in [0.15, 0.2) is 64.4 Å². The highest BCUT2D eigenvalue weighted by atomic mass is 32.2. The average molecular weight is 504 g/mol. The number of hydrogen-bond donors (Lipinski definition) is 2. The predicted octanol–water partition coefficient (Wildman–Crippen LogP) is 2.61. The average Bonchev–Trinajstić information content (AvgIpc) is 3.07. The first-order valence-electron chi connectivity index (χ1n) is 10.6. The monoisotopic (exact) mass is 503 g/mol. The Morgan fingerprint density at radius 2 is 1.76 bits per heavy atom. The van der Waals surface area contributed by atoms with Gasteiger partial charge in [-0.05, 0) is 54.6 Å². The van der Waals surface area contributed by atoms with E-state index in [2.05, 4.69) is 10.0 Å². The molecule has 9 nitrogen and oxygen atoms in total. The van der Waals surface area contributed by atoms with E-state index in [1.165, 1.54) is 12.1 Å². The second-order valence-corrected chi connectivity index (χ2v) is 9.91. The Morgan fingerprint density at radius 1 is 1.06 bits per heavy atom. The van der Waals surface area contributed by atoms with Gasteiger partial charge in [0.25, 0.3) is 11.1 Å². The summed E-state index contributed by atoms with van der Waals surface area (Å²) in [7, 11) is -3.76. The van der Waals surface area contributed by atoms with Crippen molar-refractivity contribution in [3.05, 3.63) is 65.1 Å². The summed E-state index contributed by atoms with van der Waals surface area (Å²) in [5.41, 5.74) is 0.814. The maximum atomic E-state index is 12.5. The Kier molecular flexibility index (Phi) is 8.85. The maximum absolute atomic E-state index is 12.5. The lowest BCUT2D eigenvalue weighted by Crippen LogP contribution is -2.38. The zero-order valence-electron chi connectivity index (χ0n) is 18.5. The van der Waals surface area contributed by atoms with Crippen molar-refractivity contribution in [3.8, 4) is 5.75 Å². The summed E-state index contributed by atoms with van der Waals surface area (Å²) < 4.78 is 32.3. The van der Waals surface area contributed by atoms with Gasteiger partial charge < -0.3 is 10.1 Å². The molecule has 0 radical (unpaired) electrons. The van der Waals surface area contributed by atoms with Crippen molar-refractivity contribution in [3.63, 3.8) is 0 Å². The first-order chi connectivity index (χ1) is 16.3. The van der Waals surface area contributed by atoms with E-state index in [0.717, 1.165) is 22.2 Å². The van der Waals surface area contributed by atoms with Crippen LogP contribution >= 0.6 is 11.8 Å². The summed E-state index contributed by atoms with van der Waals surface area (Å²) in [5.74, 6) is -0.241. The van der Waals surface area contributed by atoms with Gasteiger partial charge in [0.2, 0.25) is 15.9 Å². The Morgan fingerprint density at radius 3 is 2.44 bits per heavy atom. The molecular weight excluding hydrogens is 478 g/mol. The molecule has 11 heteroatoms. The largest absolute Gasteiger partial charge is 0.494 e. The first kappa shape index (κ1) is 25.5. The van der Waals surface area contributed by atoms with Crippen molar-refractivity contribution >= 4 is 44.9 Å². The molecule has 0 spiro atoms. The zero-order chi connectivity index (χ0) is 24.6. The third kappa shape index (κ3) is 6.92. The number of rotatable bonds is 11. The van der Waals surface area contributed by atoms with Gasteiger partial charge in [0.15, 0.2) is 0 Å². The van der Waals surface area contributed by atoms with Crippen LogP contribution < -0.4 is 14.8 Å². The Bertz CT molecular complexity index is 1160. The molecule has 0 aliphatic carbocycles. The minimum absolute atomic E-state index is 0.0282. The molecule has 0 bridgehead atoms. The molecular formula is C23H25N3O6S2. The van der Waals surface area contributed by atoms with Crippen molar-refractivity contribution in [2.24, 2.45) is 0 Å².